The molecule has 42 heavy (non-hydrogen) atoms. The zero-order valence-electron chi connectivity index (χ0n) is 22.0. The Morgan fingerprint density at radius 3 is 2.43 bits per heavy atom. The average molecular weight is 645 g/mol. The smallest absolute Gasteiger partial charge is 0.259 e. The van der Waals surface area contributed by atoms with Crippen LogP contribution in [0.1, 0.15) is 20.9 Å². The number of nitrogens with one attached hydrogen (secondary N) is 1. The number of halogens is 2. The third-order valence-electron chi connectivity index (χ3n) is 6.76. The molecule has 2 amide bonds. The van der Waals surface area contributed by atoms with Gasteiger partial charge in [-0.05, 0) is 72.3 Å². The number of ketones is 1. The quantitative estimate of drug-likeness (QED) is 0.145. The minimum Gasteiger partial charge on any atom is -0.349 e. The first-order chi connectivity index (χ1) is 20.3. The highest BCUT2D eigenvalue weighted by Gasteiger charge is 2.52. The lowest BCUT2D eigenvalue weighted by Gasteiger charge is -2.23. The highest BCUT2D eigenvalue weighted by molar-refractivity contribution is 9.10. The zero-order valence-corrected chi connectivity index (χ0v) is 24.4. The SMILES string of the molecule is O=C(Cc1nc2ccccc2s1)c1ccc(N(Cc2ccc(F)cc2)C(=O)[C@H]2O[C@@H]2C(=O)Nc2cccc(Br)c2)cc1. The Labute approximate surface area is 253 Å². The number of Topliss-reactive ketones (excluding diaryl/α,β-unsaturated/α-hetero) is 1. The van der Waals surface area contributed by atoms with Gasteiger partial charge in [-0.25, -0.2) is 9.37 Å². The molecule has 0 unspecified atom stereocenters. The molecule has 210 valence electrons. The second-order valence-corrected chi connectivity index (χ2v) is 11.8. The molecule has 0 bridgehead atoms. The third kappa shape index (κ3) is 6.30. The molecule has 2 heterocycles. The maximum absolute atomic E-state index is 13.6. The molecule has 1 aromatic heterocycles. The van der Waals surface area contributed by atoms with Crippen LogP contribution in [0.4, 0.5) is 15.8 Å². The minimum atomic E-state index is -0.974. The standard InChI is InChI=1S/C32H23BrFN3O4S/c33-21-4-3-5-23(16-21)35-31(39)29-30(41-29)32(40)37(18-19-8-12-22(34)13-9-19)24-14-10-20(11-15-24)26(38)17-28-36-25-6-1-2-7-27(25)42-28/h1-16,29-30H,17-18H2,(H,35,39)/t29-,30-/m0/s1. The van der Waals surface area contributed by atoms with E-state index in [2.05, 4.69) is 26.2 Å². The number of carbonyl (C=O) groups excluding carboxylic acids is 3. The van der Waals surface area contributed by atoms with Crippen LogP contribution >= 0.6 is 27.3 Å². The predicted octanol–water partition coefficient (Wildman–Crippen LogP) is 6.56. The maximum Gasteiger partial charge on any atom is 0.259 e. The van der Waals surface area contributed by atoms with Crippen LogP contribution < -0.4 is 10.2 Å². The molecule has 0 spiro atoms. The molecule has 1 aliphatic rings. The van der Waals surface area contributed by atoms with Crippen LogP contribution in [0.2, 0.25) is 0 Å². The van der Waals surface area contributed by atoms with E-state index in [1.54, 1.807) is 54.6 Å². The molecule has 1 aliphatic heterocycles. The summed E-state index contributed by atoms with van der Waals surface area (Å²) in [5.41, 5.74) is 3.13. The van der Waals surface area contributed by atoms with Crippen molar-refractivity contribution in [2.24, 2.45) is 0 Å². The molecule has 5 aromatic rings. The van der Waals surface area contributed by atoms with Gasteiger partial charge in [-0.3, -0.25) is 14.4 Å². The van der Waals surface area contributed by atoms with Gasteiger partial charge in [0.15, 0.2) is 18.0 Å². The number of nitrogens with zero attached hydrogens (tertiary/aromatic N) is 2. The van der Waals surface area contributed by atoms with Crippen molar-refractivity contribution in [3.05, 3.63) is 123 Å². The molecule has 0 saturated carbocycles. The fourth-order valence-electron chi connectivity index (χ4n) is 4.56. The van der Waals surface area contributed by atoms with Crippen LogP contribution in [0, 0.1) is 5.82 Å². The van der Waals surface area contributed by atoms with E-state index in [-0.39, 0.29) is 24.6 Å². The second-order valence-electron chi connectivity index (χ2n) is 9.75. The number of hydrogen-bond acceptors (Lipinski definition) is 6. The normalized spacial score (nSPS) is 15.8. The number of benzene rings is 4. The summed E-state index contributed by atoms with van der Waals surface area (Å²) in [5.74, 6) is -1.32. The fraction of sp³-hybridized carbons (Fsp3) is 0.125. The average Bonchev–Trinajstić information content (AvgIpc) is 3.69. The lowest BCUT2D eigenvalue weighted by Crippen LogP contribution is -2.36. The van der Waals surface area contributed by atoms with Crippen LogP contribution in [0.5, 0.6) is 0 Å². The number of ether oxygens (including phenoxy) is 1. The molecule has 10 heteroatoms. The van der Waals surface area contributed by atoms with Gasteiger partial charge in [-0.2, -0.15) is 0 Å². The molecule has 6 rings (SSSR count). The number of fused-ring (bicyclic) bond motifs is 1. The topological polar surface area (TPSA) is 91.9 Å². The number of thiazole rings is 1. The zero-order chi connectivity index (χ0) is 29.2. The Hall–Kier alpha value is -4.25. The summed E-state index contributed by atoms with van der Waals surface area (Å²) in [7, 11) is 0. The lowest BCUT2D eigenvalue weighted by molar-refractivity contribution is -0.120. The van der Waals surface area contributed by atoms with Gasteiger partial charge in [-0.15, -0.1) is 11.3 Å². The van der Waals surface area contributed by atoms with Crippen molar-refractivity contribution in [2.45, 2.75) is 25.2 Å². The molecule has 4 aromatic carbocycles. The Morgan fingerprint density at radius 1 is 0.929 bits per heavy atom. The van der Waals surface area contributed by atoms with Crippen LogP contribution in [0.15, 0.2) is 102 Å². The van der Waals surface area contributed by atoms with Gasteiger partial charge in [0.05, 0.1) is 23.2 Å². The minimum absolute atomic E-state index is 0.0909. The summed E-state index contributed by atoms with van der Waals surface area (Å²) in [6.07, 6.45) is -1.75. The van der Waals surface area contributed by atoms with E-state index in [9.17, 15) is 18.8 Å². The number of hydrogen-bond donors (Lipinski definition) is 1. The number of anilines is 2. The number of epoxide rings is 1. The molecular weight excluding hydrogens is 621 g/mol. The van der Waals surface area contributed by atoms with Crippen LogP contribution in [0.3, 0.4) is 0 Å². The highest BCUT2D eigenvalue weighted by Crippen LogP contribution is 2.30. The van der Waals surface area contributed by atoms with Gasteiger partial charge in [0.1, 0.15) is 10.8 Å². The van der Waals surface area contributed by atoms with Crippen molar-refractivity contribution < 1.29 is 23.5 Å². The van der Waals surface area contributed by atoms with Crippen LogP contribution in [0.25, 0.3) is 10.2 Å². The van der Waals surface area contributed by atoms with Gasteiger partial charge in [0, 0.05) is 21.4 Å². The van der Waals surface area contributed by atoms with Crippen molar-refractivity contribution in [1.82, 2.24) is 4.98 Å². The Morgan fingerprint density at radius 2 is 1.69 bits per heavy atom. The van der Waals surface area contributed by atoms with Crippen molar-refractivity contribution in [3.8, 4) is 0 Å². The van der Waals surface area contributed by atoms with Gasteiger partial charge in [0.2, 0.25) is 0 Å². The number of aromatic nitrogens is 1. The molecular formula is C32H23BrFN3O4S. The summed E-state index contributed by atoms with van der Waals surface area (Å²) in [6, 6.07) is 27.4. The van der Waals surface area contributed by atoms with Crippen molar-refractivity contribution in [1.29, 1.82) is 0 Å². The summed E-state index contributed by atoms with van der Waals surface area (Å²) in [6.45, 7) is 0.123. The fourth-order valence-corrected chi connectivity index (χ4v) is 5.93. The molecule has 0 aliphatic carbocycles. The van der Waals surface area contributed by atoms with E-state index in [0.29, 0.717) is 22.5 Å². The van der Waals surface area contributed by atoms with Crippen LogP contribution in [-0.4, -0.2) is 34.8 Å². The molecule has 2 atom stereocenters. The van der Waals surface area contributed by atoms with E-state index in [4.69, 9.17) is 4.74 Å². The summed E-state index contributed by atoms with van der Waals surface area (Å²) in [5, 5.41) is 3.50. The third-order valence-corrected chi connectivity index (χ3v) is 8.29. The number of carbonyl (C=O) groups is 3. The van der Waals surface area contributed by atoms with E-state index in [1.165, 1.54) is 28.4 Å². The monoisotopic (exact) mass is 643 g/mol. The van der Waals surface area contributed by atoms with Gasteiger partial charge < -0.3 is 15.0 Å². The Balaban J connectivity index is 1.18. The molecule has 0 radical (unpaired) electrons. The van der Waals surface area contributed by atoms with E-state index in [0.717, 1.165) is 19.7 Å². The van der Waals surface area contributed by atoms with Crippen molar-refractivity contribution >= 4 is 66.5 Å². The summed E-state index contributed by atoms with van der Waals surface area (Å²) < 4.78 is 20.9. The first-order valence-corrected chi connectivity index (χ1v) is 14.7. The molecule has 1 saturated heterocycles. The van der Waals surface area contributed by atoms with Crippen molar-refractivity contribution in [2.75, 3.05) is 10.2 Å². The maximum atomic E-state index is 13.6. The first-order valence-electron chi connectivity index (χ1n) is 13.1. The summed E-state index contributed by atoms with van der Waals surface area (Å²) in [4.78, 5) is 45.4. The first kappa shape index (κ1) is 27.9. The Bertz CT molecular complexity index is 1760. The largest absolute Gasteiger partial charge is 0.349 e. The van der Waals surface area contributed by atoms with E-state index >= 15 is 0 Å². The van der Waals surface area contributed by atoms with Gasteiger partial charge in [0.25, 0.3) is 11.8 Å². The van der Waals surface area contributed by atoms with E-state index in [1.807, 2.05) is 30.3 Å². The Kier molecular flexibility index (Phi) is 7.92. The molecule has 1 N–H and O–H groups in total. The lowest BCUT2D eigenvalue weighted by atomic mass is 10.1. The van der Waals surface area contributed by atoms with E-state index < -0.39 is 24.0 Å². The summed E-state index contributed by atoms with van der Waals surface area (Å²) >= 11 is 4.86. The number of rotatable bonds is 9. The molecule has 1 fully saturated rings. The van der Waals surface area contributed by atoms with Gasteiger partial charge in [-0.1, -0.05) is 46.3 Å². The molecule has 7 nitrogen and oxygen atoms in total. The van der Waals surface area contributed by atoms with Gasteiger partial charge >= 0.3 is 0 Å². The van der Waals surface area contributed by atoms with Crippen molar-refractivity contribution in [3.63, 3.8) is 0 Å². The predicted molar refractivity (Wildman–Crippen MR) is 163 cm³/mol. The van der Waals surface area contributed by atoms with Crippen LogP contribution in [-0.2, 0) is 27.3 Å². The number of para-hydroxylation sites is 1. The highest BCUT2D eigenvalue weighted by atomic mass is 79.9. The number of amides is 2. The second kappa shape index (κ2) is 11.9.